The summed E-state index contributed by atoms with van der Waals surface area (Å²) in [7, 11) is 0. The normalized spacial score (nSPS) is 33.6. The van der Waals surface area contributed by atoms with Gasteiger partial charge in [-0.2, -0.15) is 0 Å². The van der Waals surface area contributed by atoms with Crippen LogP contribution in [0.25, 0.3) is 0 Å². The molecule has 0 bridgehead atoms. The number of alkyl halides is 1. The summed E-state index contributed by atoms with van der Waals surface area (Å²) in [4.78, 5) is 13.0. The summed E-state index contributed by atoms with van der Waals surface area (Å²) < 4.78 is 5.82. The molecule has 2 aliphatic rings. The summed E-state index contributed by atoms with van der Waals surface area (Å²) in [5.41, 5.74) is 0.488. The summed E-state index contributed by atoms with van der Waals surface area (Å²) in [6.07, 6.45) is 6.84. The Morgan fingerprint density at radius 3 is 2.66 bits per heavy atom. The number of rotatable bonds is 9. The van der Waals surface area contributed by atoms with Crippen molar-refractivity contribution in [1.29, 1.82) is 0 Å². The van der Waals surface area contributed by atoms with Gasteiger partial charge in [0, 0.05) is 0 Å². The highest BCUT2D eigenvalue weighted by molar-refractivity contribution is 7.99. The van der Waals surface area contributed by atoms with E-state index in [4.69, 9.17) is 16.3 Å². The summed E-state index contributed by atoms with van der Waals surface area (Å²) >= 11 is 7.58. The lowest BCUT2D eigenvalue weighted by molar-refractivity contribution is -0.205. The van der Waals surface area contributed by atoms with Crippen LogP contribution < -0.4 is 10.6 Å². The van der Waals surface area contributed by atoms with Crippen molar-refractivity contribution < 1.29 is 24.9 Å². The fourth-order valence-electron chi connectivity index (χ4n) is 3.95. The minimum atomic E-state index is -1.38. The van der Waals surface area contributed by atoms with Crippen LogP contribution in [0.1, 0.15) is 46.5 Å². The lowest BCUT2D eigenvalue weighted by Crippen LogP contribution is -2.65. The van der Waals surface area contributed by atoms with Gasteiger partial charge in [-0.25, -0.2) is 0 Å². The number of aliphatic hydroxyl groups is 3. The van der Waals surface area contributed by atoms with Crippen LogP contribution in [-0.4, -0.2) is 81.3 Å². The predicted molar refractivity (Wildman–Crippen MR) is 130 cm³/mol. The second-order valence-electron chi connectivity index (χ2n) is 9.03. The SMILES string of the molecule is CSC1O[C@H]([C@H](NC(=O)[C@@H]2CC=C(/C=C/CCC(C)C)CCN2)[C@H](C)Cl)C(O)C(O)[C@H]1O. The smallest absolute Gasteiger partial charge is 0.237 e. The molecule has 184 valence electrons. The van der Waals surface area contributed by atoms with E-state index in [9.17, 15) is 20.1 Å². The van der Waals surface area contributed by atoms with Crippen LogP contribution in [0.5, 0.6) is 0 Å². The number of carbonyl (C=O) groups is 1. The molecule has 9 heteroatoms. The molecule has 2 rings (SSSR count). The van der Waals surface area contributed by atoms with Crippen LogP contribution in [-0.2, 0) is 9.53 Å². The van der Waals surface area contributed by atoms with Crippen LogP contribution >= 0.6 is 23.4 Å². The first-order valence-electron chi connectivity index (χ1n) is 11.4. The number of halogens is 1. The molecule has 0 radical (unpaired) electrons. The molecular formula is C23H39ClN2O5S. The number of hydrogen-bond acceptors (Lipinski definition) is 7. The average molecular weight is 491 g/mol. The highest BCUT2D eigenvalue weighted by Crippen LogP contribution is 2.30. The van der Waals surface area contributed by atoms with E-state index in [0.29, 0.717) is 18.9 Å². The van der Waals surface area contributed by atoms with Crippen molar-refractivity contribution in [2.24, 2.45) is 5.92 Å². The summed E-state index contributed by atoms with van der Waals surface area (Å²) in [6.45, 7) is 6.81. The van der Waals surface area contributed by atoms with Gasteiger partial charge in [0.05, 0.1) is 17.5 Å². The minimum absolute atomic E-state index is 0.235. The lowest BCUT2D eigenvalue weighted by Gasteiger charge is -2.44. The van der Waals surface area contributed by atoms with Gasteiger partial charge < -0.3 is 30.7 Å². The van der Waals surface area contributed by atoms with Crippen LogP contribution in [0.2, 0.25) is 0 Å². The molecule has 0 spiro atoms. The van der Waals surface area contributed by atoms with Gasteiger partial charge in [0.2, 0.25) is 5.91 Å². The molecule has 0 aromatic carbocycles. The van der Waals surface area contributed by atoms with E-state index in [-0.39, 0.29) is 5.91 Å². The third-order valence-corrected chi connectivity index (χ3v) is 7.10. The fourth-order valence-corrected chi connectivity index (χ4v) is 4.83. The molecule has 7 nitrogen and oxygen atoms in total. The highest BCUT2D eigenvalue weighted by Gasteiger charge is 2.48. The Morgan fingerprint density at radius 1 is 1.31 bits per heavy atom. The van der Waals surface area contributed by atoms with Crippen LogP contribution in [0.4, 0.5) is 0 Å². The first-order valence-corrected chi connectivity index (χ1v) is 13.1. The van der Waals surface area contributed by atoms with Crippen molar-refractivity contribution in [2.75, 3.05) is 12.8 Å². The van der Waals surface area contributed by atoms with Gasteiger partial charge in [-0.1, -0.05) is 37.6 Å². The Labute approximate surface area is 201 Å². The van der Waals surface area contributed by atoms with Gasteiger partial charge in [0.1, 0.15) is 29.9 Å². The number of amides is 1. The molecule has 1 amide bonds. The molecule has 1 fully saturated rings. The van der Waals surface area contributed by atoms with Gasteiger partial charge in [-0.05, 0) is 51.3 Å². The minimum Gasteiger partial charge on any atom is -0.388 e. The standard InChI is InChI=1S/C23H39ClN2O5S/c1-13(2)7-5-6-8-15-9-10-16(25-12-11-15)22(30)26-17(14(3)24)21-19(28)18(27)20(29)23(31-21)32-4/h6,8-9,13-14,16-21,23,25,27-29H,5,7,10-12H2,1-4H3,(H,26,30)/b8-6+/t14-,16-,17+,18?,19?,20+,21+,23?/m0/s1. The van der Waals surface area contributed by atoms with E-state index >= 15 is 0 Å². The van der Waals surface area contributed by atoms with Crippen LogP contribution in [0.3, 0.4) is 0 Å². The molecule has 3 unspecified atom stereocenters. The van der Waals surface area contributed by atoms with Gasteiger partial charge >= 0.3 is 0 Å². The third kappa shape index (κ3) is 7.72. The fraction of sp³-hybridized carbons (Fsp3) is 0.783. The molecule has 0 aromatic rings. The van der Waals surface area contributed by atoms with Crippen molar-refractivity contribution >= 4 is 29.3 Å². The number of thioether (sulfide) groups is 1. The van der Waals surface area contributed by atoms with Crippen molar-refractivity contribution in [3.63, 3.8) is 0 Å². The number of carbonyl (C=O) groups excluding carboxylic acids is 1. The quantitative estimate of drug-likeness (QED) is 0.314. The molecule has 0 saturated carbocycles. The maximum Gasteiger partial charge on any atom is 0.237 e. The summed E-state index contributed by atoms with van der Waals surface area (Å²) in [6, 6.07) is -1.16. The zero-order valence-electron chi connectivity index (χ0n) is 19.4. The molecule has 8 atom stereocenters. The van der Waals surface area contributed by atoms with Crippen molar-refractivity contribution in [1.82, 2.24) is 10.6 Å². The Morgan fingerprint density at radius 2 is 2.03 bits per heavy atom. The second-order valence-corrected chi connectivity index (χ2v) is 10.7. The Balaban J connectivity index is 2.02. The van der Waals surface area contributed by atoms with Gasteiger partial charge in [0.25, 0.3) is 0 Å². The second kappa shape index (κ2) is 13.3. The van der Waals surface area contributed by atoms with Crippen molar-refractivity contribution in [3.05, 3.63) is 23.8 Å². The molecular weight excluding hydrogens is 452 g/mol. The molecule has 0 aliphatic carbocycles. The Bertz CT molecular complexity index is 658. The van der Waals surface area contributed by atoms with E-state index < -0.39 is 47.3 Å². The van der Waals surface area contributed by atoms with Crippen molar-refractivity contribution in [3.8, 4) is 0 Å². The molecule has 2 heterocycles. The third-order valence-electron chi connectivity index (χ3n) is 5.98. The van der Waals surface area contributed by atoms with Crippen molar-refractivity contribution in [2.45, 2.75) is 93.8 Å². The van der Waals surface area contributed by atoms with Gasteiger partial charge in [-0.3, -0.25) is 4.79 Å². The maximum absolute atomic E-state index is 13.0. The first-order chi connectivity index (χ1) is 15.1. The van der Waals surface area contributed by atoms with E-state index in [0.717, 1.165) is 19.3 Å². The summed E-state index contributed by atoms with van der Waals surface area (Å²) in [5.74, 6) is 0.443. The maximum atomic E-state index is 13.0. The highest BCUT2D eigenvalue weighted by atomic mass is 35.5. The zero-order valence-corrected chi connectivity index (χ0v) is 21.0. The monoisotopic (exact) mass is 490 g/mol. The van der Waals surface area contributed by atoms with Crippen LogP contribution in [0, 0.1) is 5.92 Å². The predicted octanol–water partition coefficient (Wildman–Crippen LogP) is 1.94. The van der Waals surface area contributed by atoms with E-state index in [1.165, 1.54) is 17.3 Å². The molecule has 0 aromatic heterocycles. The number of aliphatic hydroxyl groups excluding tert-OH is 3. The molecule has 32 heavy (non-hydrogen) atoms. The van der Waals surface area contributed by atoms with E-state index in [2.05, 4.69) is 42.7 Å². The molecule has 5 N–H and O–H groups in total. The Hall–Kier alpha value is -0.610. The largest absolute Gasteiger partial charge is 0.388 e. The van der Waals surface area contributed by atoms with Gasteiger partial charge in [-0.15, -0.1) is 23.4 Å². The number of nitrogens with one attached hydrogen (secondary N) is 2. The first kappa shape index (κ1) is 27.6. The van der Waals surface area contributed by atoms with Gasteiger partial charge in [0.15, 0.2) is 0 Å². The molecule has 2 aliphatic heterocycles. The van der Waals surface area contributed by atoms with E-state index in [1.807, 2.05) is 0 Å². The number of hydrogen-bond donors (Lipinski definition) is 5. The number of ether oxygens (including phenoxy) is 1. The summed E-state index contributed by atoms with van der Waals surface area (Å²) in [5, 5.41) is 36.4. The van der Waals surface area contributed by atoms with E-state index in [1.54, 1.807) is 13.2 Å². The average Bonchev–Trinajstić information content (AvgIpc) is 2.99. The lowest BCUT2D eigenvalue weighted by atomic mass is 9.93. The zero-order chi connectivity index (χ0) is 23.8. The topological polar surface area (TPSA) is 111 Å². The Kier molecular flexibility index (Phi) is 11.5. The molecule has 1 saturated heterocycles. The number of allylic oxidation sites excluding steroid dienone is 2. The van der Waals surface area contributed by atoms with Crippen LogP contribution in [0.15, 0.2) is 23.8 Å².